The van der Waals surface area contributed by atoms with E-state index in [1.54, 1.807) is 25.1 Å². The first-order chi connectivity index (χ1) is 14.2. The number of halogens is 6. The predicted octanol–water partition coefficient (Wildman–Crippen LogP) is 7.00. The van der Waals surface area contributed by atoms with E-state index in [1.165, 1.54) is 12.1 Å². The molecule has 0 spiro atoms. The summed E-state index contributed by atoms with van der Waals surface area (Å²) in [5.74, 6) is -1.90. The highest BCUT2D eigenvalue weighted by molar-refractivity contribution is 6.33. The molecular weight excluding hydrogens is 425 g/mol. The van der Waals surface area contributed by atoms with Crippen molar-refractivity contribution in [1.82, 2.24) is 9.38 Å². The van der Waals surface area contributed by atoms with Crippen LogP contribution in [0.3, 0.4) is 0 Å². The molecule has 2 aromatic heterocycles. The Labute approximate surface area is 172 Å². The van der Waals surface area contributed by atoms with E-state index < -0.39 is 23.5 Å². The predicted molar refractivity (Wildman–Crippen MR) is 105 cm³/mol. The number of aromatic nitrogens is 2. The van der Waals surface area contributed by atoms with Crippen LogP contribution in [0.4, 0.5) is 33.5 Å². The lowest BCUT2D eigenvalue weighted by atomic mass is 10.1. The maximum atomic E-state index is 14.5. The Morgan fingerprint density at radius 1 is 1.00 bits per heavy atom. The van der Waals surface area contributed by atoms with E-state index >= 15 is 0 Å². The molecule has 0 aliphatic heterocycles. The normalized spacial score (nSPS) is 11.8. The summed E-state index contributed by atoms with van der Waals surface area (Å²) < 4.78 is 69.9. The first kappa shape index (κ1) is 20.2. The van der Waals surface area contributed by atoms with Crippen LogP contribution in [0.1, 0.15) is 11.3 Å². The number of anilines is 2. The van der Waals surface area contributed by atoms with Crippen LogP contribution in [0.5, 0.6) is 0 Å². The molecule has 0 amide bonds. The van der Waals surface area contributed by atoms with Crippen LogP contribution >= 0.6 is 11.6 Å². The molecule has 0 radical (unpaired) electrons. The number of para-hydroxylation sites is 1. The van der Waals surface area contributed by atoms with Crippen LogP contribution < -0.4 is 5.32 Å². The molecule has 154 valence electrons. The number of nitrogens with zero attached hydrogens (tertiary/aromatic N) is 2. The van der Waals surface area contributed by atoms with Gasteiger partial charge in [0.2, 0.25) is 0 Å². The highest BCUT2D eigenvalue weighted by Crippen LogP contribution is 2.39. The Bertz CT molecular complexity index is 1240. The van der Waals surface area contributed by atoms with Gasteiger partial charge in [0.15, 0.2) is 0 Å². The Morgan fingerprint density at radius 2 is 1.73 bits per heavy atom. The molecule has 0 saturated carbocycles. The minimum Gasteiger partial charge on any atom is -0.338 e. The lowest BCUT2D eigenvalue weighted by molar-refractivity contribution is -0.141. The molecule has 1 N–H and O–H groups in total. The lowest BCUT2D eigenvalue weighted by Gasteiger charge is -2.16. The zero-order valence-electron chi connectivity index (χ0n) is 15.4. The summed E-state index contributed by atoms with van der Waals surface area (Å²) in [6, 6.07) is 11.2. The summed E-state index contributed by atoms with van der Waals surface area (Å²) in [7, 11) is 0. The molecule has 9 heteroatoms. The average molecular weight is 438 g/mol. The van der Waals surface area contributed by atoms with Gasteiger partial charge in [-0.25, -0.2) is 13.8 Å². The number of hydrogen-bond acceptors (Lipinski definition) is 2. The van der Waals surface area contributed by atoms with Crippen LogP contribution in [0.15, 0.2) is 54.6 Å². The van der Waals surface area contributed by atoms with Crippen molar-refractivity contribution in [3.8, 4) is 11.3 Å². The highest BCUT2D eigenvalue weighted by Gasteiger charge is 2.35. The van der Waals surface area contributed by atoms with Crippen LogP contribution in [0.2, 0.25) is 5.02 Å². The second-order valence-corrected chi connectivity index (χ2v) is 7.00. The SMILES string of the molecule is Cc1cccc(Cl)c1Nc1c(-c2ccc(F)cc2F)nc2cccc(C(F)(F)F)n12. The molecule has 30 heavy (non-hydrogen) atoms. The third-order valence-electron chi connectivity index (χ3n) is 4.59. The Kier molecular flexibility index (Phi) is 4.89. The van der Waals surface area contributed by atoms with Crippen molar-refractivity contribution < 1.29 is 22.0 Å². The second kappa shape index (κ2) is 7.28. The van der Waals surface area contributed by atoms with Gasteiger partial charge in [-0.2, -0.15) is 13.2 Å². The summed E-state index contributed by atoms with van der Waals surface area (Å²) in [5, 5.41) is 3.16. The maximum Gasteiger partial charge on any atom is 0.431 e. The maximum absolute atomic E-state index is 14.5. The number of hydrogen-bond donors (Lipinski definition) is 1. The van der Waals surface area contributed by atoms with Crippen molar-refractivity contribution in [2.75, 3.05) is 5.32 Å². The van der Waals surface area contributed by atoms with Crippen LogP contribution in [0, 0.1) is 18.6 Å². The number of alkyl halides is 3. The van der Waals surface area contributed by atoms with Crippen molar-refractivity contribution in [3.63, 3.8) is 0 Å². The molecule has 4 rings (SSSR count). The van der Waals surface area contributed by atoms with Gasteiger partial charge in [-0.1, -0.05) is 29.8 Å². The molecule has 0 bridgehead atoms. The molecular formula is C21H13ClF5N3. The number of rotatable bonds is 3. The standard InChI is InChI=1S/C21H13ClF5N3/c1-11-4-2-5-14(22)18(11)29-20-19(13-9-8-12(23)10-15(13)24)28-17-7-3-6-16(30(17)20)21(25,26)27/h2-10,29H,1H3. The molecule has 2 heterocycles. The quantitative estimate of drug-likeness (QED) is 0.349. The zero-order valence-corrected chi connectivity index (χ0v) is 16.1. The molecule has 0 atom stereocenters. The van der Waals surface area contributed by atoms with E-state index in [-0.39, 0.29) is 27.7 Å². The highest BCUT2D eigenvalue weighted by atomic mass is 35.5. The van der Waals surface area contributed by atoms with Gasteiger partial charge in [0.1, 0.15) is 34.5 Å². The number of imidazole rings is 1. The van der Waals surface area contributed by atoms with Gasteiger partial charge >= 0.3 is 6.18 Å². The third-order valence-corrected chi connectivity index (χ3v) is 4.90. The Balaban J connectivity index is 2.06. The molecule has 0 unspecified atom stereocenters. The second-order valence-electron chi connectivity index (χ2n) is 6.59. The van der Waals surface area contributed by atoms with Gasteiger partial charge < -0.3 is 5.32 Å². The summed E-state index contributed by atoms with van der Waals surface area (Å²) in [5.41, 5.74) is -0.317. The molecule has 0 saturated heterocycles. The van der Waals surface area contributed by atoms with Crippen molar-refractivity contribution in [1.29, 1.82) is 0 Å². The molecule has 0 aliphatic rings. The summed E-state index contributed by atoms with van der Waals surface area (Å²) in [6.07, 6.45) is -4.70. The Hall–Kier alpha value is -3.13. The summed E-state index contributed by atoms with van der Waals surface area (Å²) in [6.45, 7) is 1.72. The fraction of sp³-hybridized carbons (Fsp3) is 0.0952. The summed E-state index contributed by atoms with van der Waals surface area (Å²) in [4.78, 5) is 4.20. The van der Waals surface area contributed by atoms with Crippen LogP contribution in [-0.4, -0.2) is 9.38 Å². The van der Waals surface area contributed by atoms with E-state index in [9.17, 15) is 22.0 Å². The fourth-order valence-corrected chi connectivity index (χ4v) is 3.48. The first-order valence-electron chi connectivity index (χ1n) is 8.73. The molecule has 3 nitrogen and oxygen atoms in total. The van der Waals surface area contributed by atoms with Crippen molar-refractivity contribution >= 4 is 28.8 Å². The number of fused-ring (bicyclic) bond motifs is 1. The van der Waals surface area contributed by atoms with Crippen LogP contribution in [0.25, 0.3) is 16.9 Å². The van der Waals surface area contributed by atoms with Gasteiger partial charge in [0, 0.05) is 11.6 Å². The van der Waals surface area contributed by atoms with Gasteiger partial charge in [-0.15, -0.1) is 0 Å². The van der Waals surface area contributed by atoms with E-state index in [0.717, 1.165) is 22.6 Å². The molecule has 0 fully saturated rings. The Morgan fingerprint density at radius 3 is 2.40 bits per heavy atom. The smallest absolute Gasteiger partial charge is 0.338 e. The topological polar surface area (TPSA) is 29.3 Å². The zero-order chi connectivity index (χ0) is 21.6. The van der Waals surface area contributed by atoms with Gasteiger partial charge in [0.25, 0.3) is 0 Å². The van der Waals surface area contributed by atoms with E-state index in [1.807, 2.05) is 0 Å². The first-order valence-corrected chi connectivity index (χ1v) is 9.11. The minimum absolute atomic E-state index is 0.0595. The number of aryl methyl sites for hydroxylation is 1. The van der Waals surface area contributed by atoms with Crippen molar-refractivity contribution in [3.05, 3.63) is 82.5 Å². The monoisotopic (exact) mass is 437 g/mol. The van der Waals surface area contributed by atoms with Crippen molar-refractivity contribution in [2.45, 2.75) is 13.1 Å². The fourth-order valence-electron chi connectivity index (χ4n) is 3.21. The van der Waals surface area contributed by atoms with E-state index in [4.69, 9.17) is 11.6 Å². The van der Waals surface area contributed by atoms with Gasteiger partial charge in [-0.05, 0) is 42.8 Å². The molecule has 2 aromatic carbocycles. The lowest BCUT2D eigenvalue weighted by Crippen LogP contribution is -2.13. The number of benzene rings is 2. The average Bonchev–Trinajstić information content (AvgIpc) is 3.02. The van der Waals surface area contributed by atoms with Crippen LogP contribution in [-0.2, 0) is 6.18 Å². The largest absolute Gasteiger partial charge is 0.431 e. The number of pyridine rings is 1. The third kappa shape index (κ3) is 3.47. The van der Waals surface area contributed by atoms with Gasteiger partial charge in [-0.3, -0.25) is 4.40 Å². The molecule has 0 aliphatic carbocycles. The number of nitrogens with one attached hydrogen (secondary N) is 1. The van der Waals surface area contributed by atoms with E-state index in [0.29, 0.717) is 17.3 Å². The summed E-state index contributed by atoms with van der Waals surface area (Å²) >= 11 is 6.24. The van der Waals surface area contributed by atoms with E-state index in [2.05, 4.69) is 10.3 Å². The minimum atomic E-state index is -4.70. The molecule has 4 aromatic rings. The van der Waals surface area contributed by atoms with Gasteiger partial charge in [0.05, 0.1) is 10.7 Å². The van der Waals surface area contributed by atoms with Crippen molar-refractivity contribution in [2.24, 2.45) is 0 Å².